The van der Waals surface area contributed by atoms with Crippen molar-refractivity contribution >= 4 is 21.9 Å². The molecule has 3 nitrogen and oxygen atoms in total. The lowest BCUT2D eigenvalue weighted by atomic mass is 9.96. The van der Waals surface area contributed by atoms with E-state index in [1.165, 1.54) is 5.56 Å². The summed E-state index contributed by atoms with van der Waals surface area (Å²) in [6.07, 6.45) is 0.0473. The van der Waals surface area contributed by atoms with Crippen molar-refractivity contribution in [1.82, 2.24) is 4.90 Å². The number of carboxylic acids is 1. The third-order valence-corrected chi connectivity index (χ3v) is 5.54. The molecule has 0 radical (unpaired) electrons. The molecule has 2 unspecified atom stereocenters. The monoisotopic (exact) mass is 437 g/mol. The van der Waals surface area contributed by atoms with E-state index >= 15 is 0 Å². The molecule has 28 heavy (non-hydrogen) atoms. The largest absolute Gasteiger partial charge is 0.481 e. The van der Waals surface area contributed by atoms with E-state index in [2.05, 4.69) is 52.0 Å². The van der Waals surface area contributed by atoms with Crippen LogP contribution in [0.4, 0.5) is 0 Å². The van der Waals surface area contributed by atoms with Crippen LogP contribution in [0.15, 0.2) is 89.4 Å². The first-order valence-corrected chi connectivity index (χ1v) is 10.2. The number of benzene rings is 3. The van der Waals surface area contributed by atoms with Crippen LogP contribution in [0.2, 0.25) is 0 Å². The van der Waals surface area contributed by atoms with E-state index in [0.717, 1.165) is 15.6 Å². The summed E-state index contributed by atoms with van der Waals surface area (Å²) in [5.74, 6) is -0.800. The molecule has 144 valence electrons. The Balaban J connectivity index is 2.02. The Morgan fingerprint density at radius 3 is 2.04 bits per heavy atom. The first kappa shape index (κ1) is 20.3. The summed E-state index contributed by atoms with van der Waals surface area (Å²) in [6, 6.07) is 28.2. The molecule has 0 amide bonds. The van der Waals surface area contributed by atoms with Gasteiger partial charge in [0.25, 0.3) is 0 Å². The van der Waals surface area contributed by atoms with Crippen molar-refractivity contribution < 1.29 is 9.90 Å². The Labute approximate surface area is 174 Å². The van der Waals surface area contributed by atoms with Crippen LogP contribution in [0.5, 0.6) is 0 Å². The highest BCUT2D eigenvalue weighted by Crippen LogP contribution is 2.35. The first-order valence-electron chi connectivity index (χ1n) is 9.36. The summed E-state index contributed by atoms with van der Waals surface area (Å²) < 4.78 is 0.982. The van der Waals surface area contributed by atoms with Crippen LogP contribution in [-0.2, 0) is 11.3 Å². The van der Waals surface area contributed by atoms with Gasteiger partial charge in [0.1, 0.15) is 0 Å². The summed E-state index contributed by atoms with van der Waals surface area (Å²) in [5.41, 5.74) is 3.34. The first-order chi connectivity index (χ1) is 13.5. The number of halogens is 1. The number of carboxylic acid groups (broad SMARTS) is 1. The molecular weight excluding hydrogens is 414 g/mol. The molecule has 0 aliphatic heterocycles. The molecule has 0 fully saturated rings. The number of nitrogens with zero attached hydrogens (tertiary/aromatic N) is 1. The van der Waals surface area contributed by atoms with Crippen molar-refractivity contribution in [3.63, 3.8) is 0 Å². The summed E-state index contributed by atoms with van der Waals surface area (Å²) in [6.45, 7) is 2.82. The molecule has 0 saturated carbocycles. The SMILES string of the molecule is CC(c1ccccc1)N(Cc1ccccc1)C(CC(=O)O)c1ccc(Br)cc1. The second-order valence-electron chi connectivity index (χ2n) is 6.91. The van der Waals surface area contributed by atoms with E-state index in [0.29, 0.717) is 6.54 Å². The lowest BCUT2D eigenvalue weighted by molar-refractivity contribution is -0.138. The van der Waals surface area contributed by atoms with Gasteiger partial charge < -0.3 is 5.11 Å². The maximum atomic E-state index is 11.7. The fourth-order valence-corrected chi connectivity index (χ4v) is 3.78. The molecule has 2 atom stereocenters. The maximum absolute atomic E-state index is 11.7. The van der Waals surface area contributed by atoms with Gasteiger partial charge in [-0.25, -0.2) is 0 Å². The molecule has 0 heterocycles. The van der Waals surface area contributed by atoms with Crippen LogP contribution in [0.25, 0.3) is 0 Å². The van der Waals surface area contributed by atoms with Crippen LogP contribution in [-0.4, -0.2) is 16.0 Å². The predicted molar refractivity (Wildman–Crippen MR) is 116 cm³/mol. The fourth-order valence-electron chi connectivity index (χ4n) is 3.51. The number of hydrogen-bond acceptors (Lipinski definition) is 2. The molecule has 0 bridgehead atoms. The molecule has 0 aliphatic carbocycles. The van der Waals surface area contributed by atoms with Gasteiger partial charge in [0.15, 0.2) is 0 Å². The second-order valence-corrected chi connectivity index (χ2v) is 7.83. The zero-order valence-corrected chi connectivity index (χ0v) is 17.4. The van der Waals surface area contributed by atoms with Gasteiger partial charge in [-0.1, -0.05) is 88.7 Å². The van der Waals surface area contributed by atoms with Crippen molar-refractivity contribution in [1.29, 1.82) is 0 Å². The Kier molecular flexibility index (Phi) is 7.01. The smallest absolute Gasteiger partial charge is 0.305 e. The summed E-state index contributed by atoms with van der Waals surface area (Å²) in [4.78, 5) is 14.0. The predicted octanol–water partition coefficient (Wildman–Crippen LogP) is 6.23. The molecule has 1 N–H and O–H groups in total. The minimum absolute atomic E-state index is 0.0473. The Hall–Kier alpha value is -2.43. The Morgan fingerprint density at radius 1 is 0.893 bits per heavy atom. The lowest BCUT2D eigenvalue weighted by Gasteiger charge is -2.36. The normalized spacial score (nSPS) is 13.2. The highest BCUT2D eigenvalue weighted by Gasteiger charge is 2.28. The van der Waals surface area contributed by atoms with E-state index in [1.54, 1.807) is 0 Å². The van der Waals surface area contributed by atoms with E-state index in [1.807, 2.05) is 60.7 Å². The molecular formula is C24H24BrNO2. The van der Waals surface area contributed by atoms with Gasteiger partial charge in [0.2, 0.25) is 0 Å². The third-order valence-electron chi connectivity index (χ3n) is 5.01. The molecule has 3 rings (SSSR count). The highest BCUT2D eigenvalue weighted by atomic mass is 79.9. The molecule has 0 aliphatic rings. The number of hydrogen-bond donors (Lipinski definition) is 1. The van der Waals surface area contributed by atoms with Gasteiger partial charge in [0, 0.05) is 23.1 Å². The second kappa shape index (κ2) is 9.67. The Bertz CT molecular complexity index is 881. The minimum atomic E-state index is -0.800. The quantitative estimate of drug-likeness (QED) is 0.453. The zero-order valence-electron chi connectivity index (χ0n) is 15.8. The Morgan fingerprint density at radius 2 is 1.46 bits per heavy atom. The summed E-state index contributed by atoms with van der Waals surface area (Å²) in [7, 11) is 0. The minimum Gasteiger partial charge on any atom is -0.481 e. The van der Waals surface area contributed by atoms with Crippen LogP contribution in [0.1, 0.15) is 42.1 Å². The summed E-state index contributed by atoms with van der Waals surface area (Å²) in [5, 5.41) is 9.63. The van der Waals surface area contributed by atoms with E-state index in [9.17, 15) is 9.90 Å². The van der Waals surface area contributed by atoms with Gasteiger partial charge in [-0.2, -0.15) is 0 Å². The number of aliphatic carboxylic acids is 1. The third kappa shape index (κ3) is 5.31. The molecule has 3 aromatic rings. The van der Waals surface area contributed by atoms with Gasteiger partial charge in [-0.15, -0.1) is 0 Å². The standard InChI is InChI=1S/C24H24BrNO2/c1-18(20-10-6-3-7-11-20)26(17-19-8-4-2-5-9-19)23(16-24(27)28)21-12-14-22(25)15-13-21/h2-15,18,23H,16-17H2,1H3,(H,27,28). The van der Waals surface area contributed by atoms with Gasteiger partial charge in [-0.3, -0.25) is 9.69 Å². The molecule has 4 heteroatoms. The van der Waals surface area contributed by atoms with Crippen molar-refractivity contribution in [2.24, 2.45) is 0 Å². The number of carbonyl (C=O) groups is 1. The average molecular weight is 438 g/mol. The van der Waals surface area contributed by atoms with Gasteiger partial charge in [0.05, 0.1) is 6.42 Å². The van der Waals surface area contributed by atoms with Crippen molar-refractivity contribution in [2.75, 3.05) is 0 Å². The van der Waals surface area contributed by atoms with Crippen LogP contribution >= 0.6 is 15.9 Å². The average Bonchev–Trinajstić information content (AvgIpc) is 2.72. The van der Waals surface area contributed by atoms with Crippen LogP contribution < -0.4 is 0 Å². The van der Waals surface area contributed by atoms with E-state index < -0.39 is 5.97 Å². The molecule has 0 saturated heterocycles. The van der Waals surface area contributed by atoms with Crippen molar-refractivity contribution in [3.05, 3.63) is 106 Å². The van der Waals surface area contributed by atoms with E-state index in [4.69, 9.17) is 0 Å². The number of rotatable bonds is 8. The van der Waals surface area contributed by atoms with E-state index in [-0.39, 0.29) is 18.5 Å². The molecule has 0 spiro atoms. The van der Waals surface area contributed by atoms with Gasteiger partial charge >= 0.3 is 5.97 Å². The van der Waals surface area contributed by atoms with Crippen LogP contribution in [0.3, 0.4) is 0 Å². The zero-order chi connectivity index (χ0) is 19.9. The highest BCUT2D eigenvalue weighted by molar-refractivity contribution is 9.10. The molecule has 3 aromatic carbocycles. The van der Waals surface area contributed by atoms with Crippen molar-refractivity contribution in [3.8, 4) is 0 Å². The topological polar surface area (TPSA) is 40.5 Å². The van der Waals surface area contributed by atoms with Crippen molar-refractivity contribution in [2.45, 2.75) is 32.0 Å². The fraction of sp³-hybridized carbons (Fsp3) is 0.208. The lowest BCUT2D eigenvalue weighted by Crippen LogP contribution is -2.32. The van der Waals surface area contributed by atoms with Crippen LogP contribution in [0, 0.1) is 0 Å². The maximum Gasteiger partial charge on any atom is 0.305 e. The van der Waals surface area contributed by atoms with Gasteiger partial charge in [-0.05, 0) is 35.7 Å². The molecule has 0 aromatic heterocycles. The summed E-state index contributed by atoms with van der Waals surface area (Å²) >= 11 is 3.47.